The first-order valence-electron chi connectivity index (χ1n) is 2.43. The fourth-order valence-corrected chi connectivity index (χ4v) is 0.508. The standard InChI is InChI=1S/C4HN4O2/c1-3(8-10-6-1)4-7-5-2-9-4/h2H. The molecule has 0 aliphatic heterocycles. The summed E-state index contributed by atoms with van der Waals surface area (Å²) in [7, 11) is 0. The zero-order valence-electron chi connectivity index (χ0n) is 4.68. The van der Waals surface area contributed by atoms with E-state index in [0.29, 0.717) is 5.69 Å². The molecular weight excluding hydrogens is 136 g/mol. The lowest BCUT2D eigenvalue weighted by molar-refractivity contribution is 0.306. The molecule has 0 spiro atoms. The molecule has 0 aliphatic carbocycles. The molecule has 0 saturated heterocycles. The van der Waals surface area contributed by atoms with Gasteiger partial charge in [0.2, 0.25) is 12.1 Å². The third kappa shape index (κ3) is 0.661. The van der Waals surface area contributed by atoms with Crippen LogP contribution < -0.4 is 0 Å². The average Bonchev–Trinajstić information content (AvgIpc) is 2.59. The molecule has 0 amide bonds. The van der Waals surface area contributed by atoms with Gasteiger partial charge in [-0.1, -0.05) is 0 Å². The van der Waals surface area contributed by atoms with Crippen molar-refractivity contribution < 1.29 is 9.05 Å². The summed E-state index contributed by atoms with van der Waals surface area (Å²) in [4.78, 5) is 0. The van der Waals surface area contributed by atoms with Gasteiger partial charge in [0.15, 0.2) is 6.20 Å². The number of nitrogens with zero attached hydrogens (tertiary/aromatic N) is 4. The Bertz CT molecular complexity index is 255. The highest BCUT2D eigenvalue weighted by atomic mass is 16.6. The Balaban J connectivity index is 2.48. The first kappa shape index (κ1) is 5.10. The van der Waals surface area contributed by atoms with Crippen LogP contribution in [0.4, 0.5) is 0 Å². The van der Waals surface area contributed by atoms with Crippen LogP contribution in [0.5, 0.6) is 0 Å². The van der Waals surface area contributed by atoms with Crippen LogP contribution in [0.25, 0.3) is 11.6 Å². The van der Waals surface area contributed by atoms with E-state index in [1.807, 2.05) is 0 Å². The van der Waals surface area contributed by atoms with E-state index in [4.69, 9.17) is 4.42 Å². The van der Waals surface area contributed by atoms with E-state index in [1.165, 1.54) is 6.39 Å². The minimum Gasteiger partial charge on any atom is -0.422 e. The molecule has 2 aromatic rings. The molecule has 0 saturated carbocycles. The summed E-state index contributed by atoms with van der Waals surface area (Å²) in [6.07, 6.45) is 3.61. The van der Waals surface area contributed by atoms with Crippen molar-refractivity contribution in [2.75, 3.05) is 0 Å². The summed E-state index contributed by atoms with van der Waals surface area (Å²) in [5.74, 6) is 0.251. The molecule has 0 aliphatic rings. The quantitative estimate of drug-likeness (QED) is 0.547. The molecule has 0 aromatic carbocycles. The second-order valence-corrected chi connectivity index (χ2v) is 1.47. The third-order valence-electron chi connectivity index (χ3n) is 0.887. The second kappa shape index (κ2) is 1.90. The van der Waals surface area contributed by atoms with Crippen molar-refractivity contribution in [2.45, 2.75) is 0 Å². The van der Waals surface area contributed by atoms with Crippen molar-refractivity contribution in [3.63, 3.8) is 0 Å². The molecular formula is C4HN4O2. The highest BCUT2D eigenvalue weighted by molar-refractivity contribution is 5.40. The summed E-state index contributed by atoms with van der Waals surface area (Å²) >= 11 is 0. The van der Waals surface area contributed by atoms with Crippen molar-refractivity contribution >= 4 is 0 Å². The molecule has 0 fully saturated rings. The highest BCUT2D eigenvalue weighted by Gasteiger charge is 2.06. The zero-order valence-corrected chi connectivity index (χ0v) is 4.68. The molecule has 1 radical (unpaired) electrons. The lowest BCUT2D eigenvalue weighted by Gasteiger charge is -1.75. The lowest BCUT2D eigenvalue weighted by Crippen LogP contribution is -1.75. The largest absolute Gasteiger partial charge is 0.422 e. The van der Waals surface area contributed by atoms with Gasteiger partial charge in [-0.15, -0.1) is 10.2 Å². The average molecular weight is 137 g/mol. The van der Waals surface area contributed by atoms with Crippen LogP contribution in [-0.4, -0.2) is 20.5 Å². The third-order valence-corrected chi connectivity index (χ3v) is 0.887. The highest BCUT2D eigenvalue weighted by Crippen LogP contribution is 2.08. The maximum atomic E-state index is 4.76. The fourth-order valence-electron chi connectivity index (χ4n) is 0.508. The number of hydrogen-bond acceptors (Lipinski definition) is 6. The van der Waals surface area contributed by atoms with Gasteiger partial charge in [0.1, 0.15) is 0 Å². The first-order chi connectivity index (χ1) is 4.97. The van der Waals surface area contributed by atoms with Crippen molar-refractivity contribution in [1.29, 1.82) is 0 Å². The predicted octanol–water partition coefficient (Wildman–Crippen LogP) is -0.0802. The lowest BCUT2D eigenvalue weighted by atomic mass is 10.5. The van der Waals surface area contributed by atoms with E-state index < -0.39 is 0 Å². The van der Waals surface area contributed by atoms with Gasteiger partial charge in [0.05, 0.1) is 0 Å². The van der Waals surface area contributed by atoms with Crippen LogP contribution in [0.15, 0.2) is 15.4 Å². The van der Waals surface area contributed by atoms with Gasteiger partial charge in [-0.3, -0.25) is 0 Å². The van der Waals surface area contributed by atoms with Crippen molar-refractivity contribution in [3.05, 3.63) is 12.6 Å². The van der Waals surface area contributed by atoms with Crippen LogP contribution in [-0.2, 0) is 0 Å². The normalized spacial score (nSPS) is 10.0. The van der Waals surface area contributed by atoms with Gasteiger partial charge in [0, 0.05) is 0 Å². The summed E-state index contributed by atoms with van der Waals surface area (Å²) in [5.41, 5.74) is 0.317. The molecule has 6 nitrogen and oxygen atoms in total. The second-order valence-electron chi connectivity index (χ2n) is 1.47. The molecule has 2 heterocycles. The van der Waals surface area contributed by atoms with Crippen LogP contribution in [0.3, 0.4) is 0 Å². The summed E-state index contributed by atoms with van der Waals surface area (Å²) in [5, 5.41) is 13.6. The summed E-state index contributed by atoms with van der Waals surface area (Å²) < 4.78 is 9.02. The van der Waals surface area contributed by atoms with E-state index in [0.717, 1.165) is 0 Å². The Morgan fingerprint density at radius 2 is 2.50 bits per heavy atom. The number of aromatic nitrogens is 4. The molecule has 49 valence electrons. The van der Waals surface area contributed by atoms with Gasteiger partial charge in [-0.25, -0.2) is 4.63 Å². The smallest absolute Gasteiger partial charge is 0.272 e. The molecule has 0 unspecified atom stereocenters. The molecule has 2 aromatic heterocycles. The van der Waals surface area contributed by atoms with Gasteiger partial charge in [-0.05, 0) is 10.3 Å². The SMILES string of the molecule is [c]1nonc1-c1nnco1. The Kier molecular flexibility index (Phi) is 0.970. The monoisotopic (exact) mass is 137 g/mol. The van der Waals surface area contributed by atoms with Crippen LogP contribution in [0.2, 0.25) is 0 Å². The Morgan fingerprint density at radius 3 is 3.10 bits per heavy atom. The van der Waals surface area contributed by atoms with Crippen LogP contribution >= 0.6 is 0 Å². The maximum Gasteiger partial charge on any atom is 0.272 e. The van der Waals surface area contributed by atoms with Crippen molar-refractivity contribution in [1.82, 2.24) is 20.5 Å². The van der Waals surface area contributed by atoms with Crippen LogP contribution in [0.1, 0.15) is 0 Å². The molecule has 0 bridgehead atoms. The summed E-state index contributed by atoms with van der Waals surface area (Å²) in [6.45, 7) is 0. The molecule has 6 heteroatoms. The fraction of sp³-hybridized carbons (Fsp3) is 0. The van der Waals surface area contributed by atoms with E-state index in [9.17, 15) is 0 Å². The van der Waals surface area contributed by atoms with Gasteiger partial charge in [-0.2, -0.15) is 0 Å². The number of hydrogen-bond donors (Lipinski definition) is 0. The summed E-state index contributed by atoms with van der Waals surface area (Å²) in [6, 6.07) is 0. The van der Waals surface area contributed by atoms with Crippen molar-refractivity contribution in [2.24, 2.45) is 0 Å². The minimum atomic E-state index is 0.251. The van der Waals surface area contributed by atoms with E-state index >= 15 is 0 Å². The Labute approximate surface area is 54.8 Å². The molecule has 10 heavy (non-hydrogen) atoms. The van der Waals surface area contributed by atoms with Crippen LogP contribution in [0, 0.1) is 6.20 Å². The van der Waals surface area contributed by atoms with Gasteiger partial charge >= 0.3 is 0 Å². The van der Waals surface area contributed by atoms with E-state index in [-0.39, 0.29) is 5.89 Å². The molecule has 2 rings (SSSR count). The molecule has 0 atom stereocenters. The predicted molar refractivity (Wildman–Crippen MR) is 26.4 cm³/mol. The molecule has 0 N–H and O–H groups in total. The van der Waals surface area contributed by atoms with Gasteiger partial charge < -0.3 is 4.42 Å². The Morgan fingerprint density at radius 1 is 1.50 bits per heavy atom. The maximum absolute atomic E-state index is 4.76. The van der Waals surface area contributed by atoms with E-state index in [1.54, 1.807) is 0 Å². The van der Waals surface area contributed by atoms with Gasteiger partial charge in [0.25, 0.3) is 5.89 Å². The zero-order chi connectivity index (χ0) is 6.81. The van der Waals surface area contributed by atoms with E-state index in [2.05, 4.69) is 31.3 Å². The minimum absolute atomic E-state index is 0.251. The number of rotatable bonds is 1. The van der Waals surface area contributed by atoms with Crippen molar-refractivity contribution in [3.8, 4) is 11.6 Å². The topological polar surface area (TPSA) is 77.8 Å². The first-order valence-corrected chi connectivity index (χ1v) is 2.43. The Hall–Kier alpha value is -1.72.